The summed E-state index contributed by atoms with van der Waals surface area (Å²) in [5, 5.41) is 9.70. The van der Waals surface area contributed by atoms with Crippen molar-refractivity contribution in [1.29, 1.82) is 0 Å². The van der Waals surface area contributed by atoms with Gasteiger partial charge in [-0.3, -0.25) is 14.2 Å². The van der Waals surface area contributed by atoms with E-state index in [0.29, 0.717) is 22.7 Å². The predicted octanol–water partition coefficient (Wildman–Crippen LogP) is 2.46. The van der Waals surface area contributed by atoms with E-state index < -0.39 is 11.2 Å². The summed E-state index contributed by atoms with van der Waals surface area (Å²) >= 11 is 1.08. The fraction of sp³-hybridized carbons (Fsp3) is 0.267. The van der Waals surface area contributed by atoms with E-state index in [4.69, 9.17) is 5.11 Å². The number of carboxylic acid groups (broad SMARTS) is 1. The molecule has 0 saturated heterocycles. The molecule has 0 amide bonds. The van der Waals surface area contributed by atoms with Gasteiger partial charge in [0.25, 0.3) is 5.56 Å². The van der Waals surface area contributed by atoms with E-state index in [2.05, 4.69) is 9.97 Å². The SMILES string of the molecule is CCn1c(S[C@H](C)C(=O)O)nc2c([nH]c3ccccc32)c1=O. The first-order chi connectivity index (χ1) is 10.5. The lowest BCUT2D eigenvalue weighted by atomic mass is 10.2. The quantitative estimate of drug-likeness (QED) is 0.570. The molecule has 0 radical (unpaired) electrons. The molecule has 1 atom stereocenters. The fourth-order valence-electron chi connectivity index (χ4n) is 2.35. The summed E-state index contributed by atoms with van der Waals surface area (Å²) in [4.78, 5) is 31.4. The van der Waals surface area contributed by atoms with E-state index in [-0.39, 0.29) is 5.56 Å². The van der Waals surface area contributed by atoms with E-state index in [9.17, 15) is 9.59 Å². The highest BCUT2D eigenvalue weighted by Gasteiger charge is 2.19. The molecule has 0 spiro atoms. The number of nitrogens with one attached hydrogen (secondary N) is 1. The summed E-state index contributed by atoms with van der Waals surface area (Å²) in [5.41, 5.74) is 1.71. The summed E-state index contributed by atoms with van der Waals surface area (Å²) in [6.45, 7) is 3.86. The smallest absolute Gasteiger partial charge is 0.316 e. The highest BCUT2D eigenvalue weighted by Crippen LogP contribution is 2.26. The number of carboxylic acids is 1. The minimum absolute atomic E-state index is 0.177. The van der Waals surface area contributed by atoms with Crippen LogP contribution < -0.4 is 5.56 Å². The minimum atomic E-state index is -0.930. The van der Waals surface area contributed by atoms with Crippen molar-refractivity contribution in [3.8, 4) is 0 Å². The van der Waals surface area contributed by atoms with Gasteiger partial charge in [-0.1, -0.05) is 30.0 Å². The molecule has 0 saturated carbocycles. The van der Waals surface area contributed by atoms with Crippen LogP contribution in [0.15, 0.2) is 34.2 Å². The number of para-hydroxylation sites is 1. The Hall–Kier alpha value is -2.28. The third-order valence-electron chi connectivity index (χ3n) is 3.52. The molecule has 0 unspecified atom stereocenters. The monoisotopic (exact) mass is 317 g/mol. The maximum Gasteiger partial charge on any atom is 0.316 e. The van der Waals surface area contributed by atoms with Crippen molar-refractivity contribution >= 4 is 39.7 Å². The second kappa shape index (κ2) is 5.49. The van der Waals surface area contributed by atoms with Crippen molar-refractivity contribution in [3.05, 3.63) is 34.6 Å². The molecule has 2 N–H and O–H groups in total. The van der Waals surface area contributed by atoms with Crippen molar-refractivity contribution in [2.45, 2.75) is 30.8 Å². The Balaban J connectivity index is 2.29. The van der Waals surface area contributed by atoms with Gasteiger partial charge in [-0.25, -0.2) is 4.98 Å². The Morgan fingerprint density at radius 2 is 2.18 bits per heavy atom. The van der Waals surface area contributed by atoms with Crippen LogP contribution in [0, 0.1) is 0 Å². The van der Waals surface area contributed by atoms with Crippen LogP contribution in [0.5, 0.6) is 0 Å². The third kappa shape index (κ3) is 2.27. The minimum Gasteiger partial charge on any atom is -0.480 e. The Labute approximate surface area is 130 Å². The maximum absolute atomic E-state index is 12.6. The van der Waals surface area contributed by atoms with Gasteiger partial charge < -0.3 is 10.1 Å². The molecule has 114 valence electrons. The van der Waals surface area contributed by atoms with Crippen LogP contribution in [0.4, 0.5) is 0 Å². The van der Waals surface area contributed by atoms with Gasteiger partial charge in [0, 0.05) is 17.4 Å². The van der Waals surface area contributed by atoms with Crippen molar-refractivity contribution in [3.63, 3.8) is 0 Å². The molecule has 0 aliphatic rings. The van der Waals surface area contributed by atoms with Gasteiger partial charge in [-0.05, 0) is 19.9 Å². The molecule has 2 aromatic heterocycles. The van der Waals surface area contributed by atoms with Crippen LogP contribution in [-0.4, -0.2) is 30.9 Å². The second-order valence-corrected chi connectivity index (χ2v) is 6.24. The lowest BCUT2D eigenvalue weighted by molar-refractivity contribution is -0.136. The molecular formula is C15H15N3O3S. The molecule has 7 heteroatoms. The van der Waals surface area contributed by atoms with Gasteiger partial charge in [0.05, 0.1) is 0 Å². The van der Waals surface area contributed by atoms with E-state index in [0.717, 1.165) is 22.7 Å². The summed E-state index contributed by atoms with van der Waals surface area (Å²) in [7, 11) is 0. The summed E-state index contributed by atoms with van der Waals surface area (Å²) in [6, 6.07) is 7.55. The topological polar surface area (TPSA) is 88.0 Å². The van der Waals surface area contributed by atoms with E-state index in [1.807, 2.05) is 31.2 Å². The molecule has 1 aromatic carbocycles. The van der Waals surface area contributed by atoms with E-state index in [1.54, 1.807) is 6.92 Å². The molecule has 22 heavy (non-hydrogen) atoms. The Kier molecular flexibility index (Phi) is 3.66. The summed E-state index contributed by atoms with van der Waals surface area (Å²) in [6.07, 6.45) is 0. The average molecular weight is 317 g/mol. The Bertz CT molecular complexity index is 929. The Morgan fingerprint density at radius 3 is 2.86 bits per heavy atom. The number of hydrogen-bond donors (Lipinski definition) is 2. The molecule has 2 heterocycles. The van der Waals surface area contributed by atoms with Crippen LogP contribution >= 0.6 is 11.8 Å². The number of rotatable bonds is 4. The summed E-state index contributed by atoms with van der Waals surface area (Å²) in [5.74, 6) is -0.930. The number of fused-ring (bicyclic) bond motifs is 3. The highest BCUT2D eigenvalue weighted by atomic mass is 32.2. The molecule has 0 fully saturated rings. The van der Waals surface area contributed by atoms with Gasteiger partial charge in [-0.2, -0.15) is 0 Å². The predicted molar refractivity (Wildman–Crippen MR) is 86.5 cm³/mol. The molecular weight excluding hydrogens is 302 g/mol. The number of nitrogens with zero attached hydrogens (tertiary/aromatic N) is 2. The van der Waals surface area contributed by atoms with Crippen molar-refractivity contribution < 1.29 is 9.90 Å². The Morgan fingerprint density at radius 1 is 1.45 bits per heavy atom. The van der Waals surface area contributed by atoms with Crippen LogP contribution in [-0.2, 0) is 11.3 Å². The molecule has 0 aliphatic heterocycles. The van der Waals surface area contributed by atoms with Gasteiger partial charge in [0.2, 0.25) is 0 Å². The zero-order valence-electron chi connectivity index (χ0n) is 12.2. The normalized spacial score (nSPS) is 12.8. The first kappa shape index (κ1) is 14.6. The number of H-pyrrole nitrogens is 1. The number of hydrogen-bond acceptors (Lipinski definition) is 4. The van der Waals surface area contributed by atoms with Crippen LogP contribution in [0.1, 0.15) is 13.8 Å². The molecule has 0 aliphatic carbocycles. The van der Waals surface area contributed by atoms with Crippen molar-refractivity contribution in [2.24, 2.45) is 0 Å². The zero-order valence-corrected chi connectivity index (χ0v) is 13.0. The van der Waals surface area contributed by atoms with Crippen LogP contribution in [0.3, 0.4) is 0 Å². The molecule has 3 aromatic rings. The van der Waals surface area contributed by atoms with Gasteiger partial charge in [0.15, 0.2) is 5.16 Å². The van der Waals surface area contributed by atoms with Crippen LogP contribution in [0.2, 0.25) is 0 Å². The van der Waals surface area contributed by atoms with Gasteiger partial charge >= 0.3 is 5.97 Å². The highest BCUT2D eigenvalue weighted by molar-refractivity contribution is 8.00. The largest absolute Gasteiger partial charge is 0.480 e. The van der Waals surface area contributed by atoms with Gasteiger partial charge in [-0.15, -0.1) is 0 Å². The number of benzene rings is 1. The maximum atomic E-state index is 12.6. The number of thioether (sulfide) groups is 1. The second-order valence-electron chi connectivity index (χ2n) is 4.94. The van der Waals surface area contributed by atoms with Crippen LogP contribution in [0.25, 0.3) is 21.9 Å². The molecule has 6 nitrogen and oxygen atoms in total. The number of aromatic amines is 1. The summed E-state index contributed by atoms with van der Waals surface area (Å²) < 4.78 is 1.50. The molecule has 3 rings (SSSR count). The van der Waals surface area contributed by atoms with Gasteiger partial charge in [0.1, 0.15) is 16.3 Å². The molecule has 0 bridgehead atoms. The van der Waals surface area contributed by atoms with E-state index in [1.165, 1.54) is 4.57 Å². The standard InChI is InChI=1S/C15H15N3O3S/c1-3-18-13(19)12-11(9-6-4-5-7-10(9)16-12)17-15(18)22-8(2)14(20)21/h4-8,16H,3H2,1-2H3,(H,20,21)/t8-/m1/s1. The van der Waals surface area contributed by atoms with Crippen molar-refractivity contribution in [1.82, 2.24) is 14.5 Å². The number of aromatic nitrogens is 3. The van der Waals surface area contributed by atoms with E-state index >= 15 is 0 Å². The lowest BCUT2D eigenvalue weighted by Crippen LogP contribution is -2.24. The number of aliphatic carboxylic acids is 1. The first-order valence-corrected chi connectivity index (χ1v) is 7.81. The van der Waals surface area contributed by atoms with Crippen molar-refractivity contribution in [2.75, 3.05) is 0 Å². The fourth-order valence-corrected chi connectivity index (χ4v) is 3.25. The lowest BCUT2D eigenvalue weighted by Gasteiger charge is -2.11. The number of carbonyl (C=O) groups is 1. The zero-order chi connectivity index (χ0) is 15.9. The first-order valence-electron chi connectivity index (χ1n) is 6.93. The average Bonchev–Trinajstić information content (AvgIpc) is 2.87. The third-order valence-corrected chi connectivity index (χ3v) is 4.60.